The maximum atomic E-state index is 13.9. The van der Waals surface area contributed by atoms with Crippen LogP contribution in [0.5, 0.6) is 0 Å². The molecule has 0 N–H and O–H groups in total. The van der Waals surface area contributed by atoms with Gasteiger partial charge in [-0.3, -0.25) is 14.5 Å². The van der Waals surface area contributed by atoms with Gasteiger partial charge in [-0.15, -0.1) is 0 Å². The fourth-order valence-electron chi connectivity index (χ4n) is 9.67. The van der Waals surface area contributed by atoms with Crippen molar-refractivity contribution >= 4 is 11.8 Å². The minimum Gasteiger partial charge on any atom is -0.269 e. The predicted molar refractivity (Wildman–Crippen MR) is 188 cm³/mol. The fourth-order valence-corrected chi connectivity index (χ4v) is 9.67. The highest BCUT2D eigenvalue weighted by Crippen LogP contribution is 2.70. The van der Waals surface area contributed by atoms with E-state index >= 15 is 0 Å². The Morgan fingerprint density at radius 1 is 0.568 bits per heavy atom. The molecule has 0 saturated heterocycles. The molecule has 1 heterocycles. The summed E-state index contributed by atoms with van der Waals surface area (Å²) >= 11 is 0. The van der Waals surface area contributed by atoms with Crippen molar-refractivity contribution in [3.63, 3.8) is 0 Å². The van der Waals surface area contributed by atoms with Crippen LogP contribution in [-0.4, -0.2) is 16.7 Å². The van der Waals surface area contributed by atoms with Crippen LogP contribution in [0, 0.1) is 46.8 Å². The second-order valence-electron chi connectivity index (χ2n) is 17.7. The van der Waals surface area contributed by atoms with Crippen LogP contribution < -0.4 is 0 Å². The molecule has 0 saturated carbocycles. The van der Waals surface area contributed by atoms with Gasteiger partial charge in [-0.1, -0.05) is 103 Å². The summed E-state index contributed by atoms with van der Waals surface area (Å²) in [7, 11) is 0. The average Bonchev–Trinajstić information content (AvgIpc) is 3.24. The highest BCUT2D eigenvalue weighted by Gasteiger charge is 2.66. The number of benzene rings is 1. The van der Waals surface area contributed by atoms with Gasteiger partial charge in [0.25, 0.3) is 11.8 Å². The van der Waals surface area contributed by atoms with Crippen molar-refractivity contribution in [1.82, 2.24) is 4.90 Å². The van der Waals surface area contributed by atoms with Gasteiger partial charge in [-0.2, -0.15) is 0 Å². The van der Waals surface area contributed by atoms with E-state index in [1.807, 2.05) is 0 Å². The predicted octanol–water partition coefficient (Wildman–Crippen LogP) is 10.7. The van der Waals surface area contributed by atoms with Crippen LogP contribution >= 0.6 is 0 Å². The van der Waals surface area contributed by atoms with E-state index in [2.05, 4.69) is 103 Å². The first-order valence-electron chi connectivity index (χ1n) is 18.1. The standard InChI is InChI=1S/C41H67NO2/c1-25(2)17-32-20-35-38(34(19-27(5)6)33(32)18-26(3)4)40(21-28(7)8,22-29(9)10)41(23-30(11)12,24-31(13)14)39(35)42-36(43)15-16-37(42)44/h15-16,20,25-31,39H,17-19,21-24H2,1-14H3/t39-/m1/s1. The smallest absolute Gasteiger partial charge is 0.254 e. The molecule has 1 atom stereocenters. The van der Waals surface area contributed by atoms with Crippen LogP contribution in [0.1, 0.15) is 156 Å². The molecule has 0 aromatic heterocycles. The lowest BCUT2D eigenvalue weighted by atomic mass is 9.51. The quantitative estimate of drug-likeness (QED) is 0.187. The summed E-state index contributed by atoms with van der Waals surface area (Å²) in [5.74, 6) is 3.16. The molecule has 3 rings (SSSR count). The maximum Gasteiger partial charge on any atom is 0.254 e. The van der Waals surface area contributed by atoms with Crippen LogP contribution in [0.2, 0.25) is 0 Å². The topological polar surface area (TPSA) is 37.4 Å². The highest BCUT2D eigenvalue weighted by atomic mass is 16.2. The Kier molecular flexibility index (Phi) is 11.8. The first kappa shape index (κ1) is 36.6. The number of imide groups is 1. The third kappa shape index (κ3) is 7.23. The number of carbonyl (C=O) groups excluding carboxylic acids is 2. The summed E-state index contributed by atoms with van der Waals surface area (Å²) in [6.07, 6.45) is 10.4. The molecule has 1 aliphatic carbocycles. The lowest BCUT2D eigenvalue weighted by molar-refractivity contribution is -0.146. The maximum absolute atomic E-state index is 13.9. The molecule has 2 amide bonds. The SMILES string of the molecule is CC(C)Cc1cc2c(c(CC(C)C)c1CC(C)C)C(CC(C)C)(CC(C)C)C(CC(C)C)(CC(C)C)[C@@H]2N1C(=O)C=CC1=O. The molecule has 2 aliphatic rings. The molecule has 0 unspecified atom stereocenters. The zero-order chi connectivity index (χ0) is 33.3. The van der Waals surface area contributed by atoms with Gasteiger partial charge in [0.2, 0.25) is 0 Å². The molecule has 0 fully saturated rings. The van der Waals surface area contributed by atoms with Crippen LogP contribution in [0.4, 0.5) is 0 Å². The first-order chi connectivity index (χ1) is 20.4. The second-order valence-corrected chi connectivity index (χ2v) is 17.7. The molecule has 1 aliphatic heterocycles. The number of amides is 2. The van der Waals surface area contributed by atoms with E-state index in [9.17, 15) is 9.59 Å². The molecule has 0 spiro atoms. The van der Waals surface area contributed by atoms with Gasteiger partial charge >= 0.3 is 0 Å². The molecule has 0 radical (unpaired) electrons. The zero-order valence-electron chi connectivity index (χ0n) is 31.1. The number of fused-ring (bicyclic) bond motifs is 1. The first-order valence-corrected chi connectivity index (χ1v) is 18.1. The van der Waals surface area contributed by atoms with Crippen molar-refractivity contribution in [1.29, 1.82) is 0 Å². The Morgan fingerprint density at radius 2 is 0.977 bits per heavy atom. The van der Waals surface area contributed by atoms with Crippen molar-refractivity contribution in [3.05, 3.63) is 46.0 Å². The number of nitrogens with zero attached hydrogens (tertiary/aromatic N) is 1. The summed E-state index contributed by atoms with van der Waals surface area (Å²) in [5.41, 5.74) is 7.04. The summed E-state index contributed by atoms with van der Waals surface area (Å²) in [5, 5.41) is 0. The molecule has 1 aromatic rings. The molecular formula is C41H67NO2. The molecule has 1 aromatic carbocycles. The summed E-state index contributed by atoms with van der Waals surface area (Å²) < 4.78 is 0. The molecule has 248 valence electrons. The Balaban J connectivity index is 2.71. The van der Waals surface area contributed by atoms with Crippen molar-refractivity contribution in [2.75, 3.05) is 0 Å². The summed E-state index contributed by atoms with van der Waals surface area (Å²) in [4.78, 5) is 29.4. The summed E-state index contributed by atoms with van der Waals surface area (Å²) in [6, 6.07) is 2.28. The Bertz CT molecular complexity index is 1160. The molecular weight excluding hydrogens is 538 g/mol. The van der Waals surface area contributed by atoms with Crippen molar-refractivity contribution in [2.24, 2.45) is 46.8 Å². The van der Waals surface area contributed by atoms with Crippen LogP contribution in [0.25, 0.3) is 0 Å². The minimum absolute atomic E-state index is 0.130. The van der Waals surface area contributed by atoms with Gasteiger partial charge < -0.3 is 0 Å². The van der Waals surface area contributed by atoms with Gasteiger partial charge in [0.1, 0.15) is 0 Å². The van der Waals surface area contributed by atoms with E-state index < -0.39 is 0 Å². The van der Waals surface area contributed by atoms with Crippen LogP contribution in [0.15, 0.2) is 18.2 Å². The van der Waals surface area contributed by atoms with Crippen LogP contribution in [-0.2, 0) is 34.3 Å². The Morgan fingerprint density at radius 3 is 1.36 bits per heavy atom. The van der Waals surface area contributed by atoms with E-state index in [4.69, 9.17) is 0 Å². The monoisotopic (exact) mass is 606 g/mol. The average molecular weight is 606 g/mol. The lowest BCUT2D eigenvalue weighted by Crippen LogP contribution is -2.53. The van der Waals surface area contributed by atoms with Crippen molar-refractivity contribution in [2.45, 2.75) is 153 Å². The number of hydrogen-bond donors (Lipinski definition) is 0. The van der Waals surface area contributed by atoms with Gasteiger partial charge in [0, 0.05) is 23.0 Å². The van der Waals surface area contributed by atoms with E-state index in [-0.39, 0.29) is 28.7 Å². The van der Waals surface area contributed by atoms with Gasteiger partial charge in [-0.05, 0) is 114 Å². The zero-order valence-corrected chi connectivity index (χ0v) is 31.1. The normalized spacial score (nSPS) is 19.5. The number of rotatable bonds is 15. The lowest BCUT2D eigenvalue weighted by Gasteiger charge is -2.55. The summed E-state index contributed by atoms with van der Waals surface area (Å²) in [6.45, 7) is 33.1. The van der Waals surface area contributed by atoms with Crippen molar-refractivity contribution in [3.8, 4) is 0 Å². The van der Waals surface area contributed by atoms with E-state index in [0.29, 0.717) is 41.4 Å². The largest absolute Gasteiger partial charge is 0.269 e. The third-order valence-electron chi connectivity index (χ3n) is 9.93. The Hall–Kier alpha value is -1.90. The molecule has 3 heteroatoms. The van der Waals surface area contributed by atoms with E-state index in [1.165, 1.54) is 28.8 Å². The van der Waals surface area contributed by atoms with Gasteiger partial charge in [-0.25, -0.2) is 0 Å². The number of hydrogen-bond acceptors (Lipinski definition) is 2. The molecule has 0 bridgehead atoms. The third-order valence-corrected chi connectivity index (χ3v) is 9.93. The van der Waals surface area contributed by atoms with E-state index in [1.54, 1.807) is 16.0 Å². The minimum atomic E-state index is -0.250. The molecule has 3 nitrogen and oxygen atoms in total. The Labute approximate surface area is 272 Å². The van der Waals surface area contributed by atoms with Gasteiger partial charge in [0.05, 0.1) is 6.04 Å². The van der Waals surface area contributed by atoms with Gasteiger partial charge in [0.15, 0.2) is 0 Å². The van der Waals surface area contributed by atoms with Crippen LogP contribution in [0.3, 0.4) is 0 Å². The highest BCUT2D eigenvalue weighted by molar-refractivity contribution is 6.13. The second kappa shape index (κ2) is 14.3. The van der Waals surface area contributed by atoms with Crippen molar-refractivity contribution < 1.29 is 9.59 Å². The number of carbonyl (C=O) groups is 2. The van der Waals surface area contributed by atoms with E-state index in [0.717, 1.165) is 44.9 Å². The fraction of sp³-hybridized carbons (Fsp3) is 0.756. The molecule has 44 heavy (non-hydrogen) atoms.